The first kappa shape index (κ1) is 14.8. The SMILES string of the molecule is CCCC(=NNC(=O)c1ccc(O)cc1)c1ccccc1. The zero-order valence-electron chi connectivity index (χ0n) is 11.9. The molecule has 4 nitrogen and oxygen atoms in total. The Bertz CT molecular complexity index is 619. The molecular formula is C17H18N2O2. The number of nitrogens with zero attached hydrogens (tertiary/aromatic N) is 1. The first-order valence-electron chi connectivity index (χ1n) is 6.92. The molecule has 2 aromatic rings. The van der Waals surface area contributed by atoms with E-state index in [1.54, 1.807) is 12.1 Å². The third kappa shape index (κ3) is 4.18. The number of phenolic OH excluding ortho intramolecular Hbond substituents is 1. The van der Waals surface area contributed by atoms with E-state index in [1.165, 1.54) is 12.1 Å². The molecule has 0 saturated carbocycles. The van der Waals surface area contributed by atoms with Crippen LogP contribution in [0.1, 0.15) is 35.7 Å². The molecule has 108 valence electrons. The molecule has 0 radical (unpaired) electrons. The maximum atomic E-state index is 12.0. The summed E-state index contributed by atoms with van der Waals surface area (Å²) < 4.78 is 0. The predicted octanol–water partition coefficient (Wildman–Crippen LogP) is 3.33. The fourth-order valence-corrected chi connectivity index (χ4v) is 1.93. The lowest BCUT2D eigenvalue weighted by Gasteiger charge is -2.06. The largest absolute Gasteiger partial charge is 0.508 e. The number of hydrogen-bond donors (Lipinski definition) is 2. The molecule has 0 heterocycles. The van der Waals surface area contributed by atoms with E-state index in [4.69, 9.17) is 0 Å². The van der Waals surface area contributed by atoms with Gasteiger partial charge >= 0.3 is 0 Å². The van der Waals surface area contributed by atoms with E-state index < -0.39 is 0 Å². The van der Waals surface area contributed by atoms with Crippen LogP contribution in [0.25, 0.3) is 0 Å². The van der Waals surface area contributed by atoms with Crippen LogP contribution in [0.3, 0.4) is 0 Å². The Labute approximate surface area is 124 Å². The Morgan fingerprint density at radius 3 is 2.33 bits per heavy atom. The Morgan fingerprint density at radius 1 is 1.05 bits per heavy atom. The van der Waals surface area contributed by atoms with Gasteiger partial charge in [0, 0.05) is 5.56 Å². The quantitative estimate of drug-likeness (QED) is 0.652. The van der Waals surface area contributed by atoms with Crippen molar-refractivity contribution in [3.63, 3.8) is 0 Å². The lowest BCUT2D eigenvalue weighted by molar-refractivity contribution is 0.0955. The molecule has 2 rings (SSSR count). The van der Waals surface area contributed by atoms with Gasteiger partial charge in [0.2, 0.25) is 0 Å². The van der Waals surface area contributed by atoms with E-state index in [1.807, 2.05) is 30.3 Å². The molecule has 0 saturated heterocycles. The average molecular weight is 282 g/mol. The van der Waals surface area contributed by atoms with Gasteiger partial charge in [-0.1, -0.05) is 43.7 Å². The van der Waals surface area contributed by atoms with Gasteiger partial charge in [0.15, 0.2) is 0 Å². The molecular weight excluding hydrogens is 264 g/mol. The molecule has 1 amide bonds. The van der Waals surface area contributed by atoms with Crippen LogP contribution in [-0.4, -0.2) is 16.7 Å². The van der Waals surface area contributed by atoms with Crippen molar-refractivity contribution in [2.24, 2.45) is 5.10 Å². The molecule has 0 unspecified atom stereocenters. The standard InChI is InChI=1S/C17H18N2O2/c1-2-6-16(13-7-4-3-5-8-13)18-19-17(21)14-9-11-15(20)12-10-14/h3-5,7-12,20H,2,6H2,1H3,(H,19,21). The maximum Gasteiger partial charge on any atom is 0.271 e. The van der Waals surface area contributed by atoms with Gasteiger partial charge in [0.05, 0.1) is 5.71 Å². The van der Waals surface area contributed by atoms with E-state index in [0.717, 1.165) is 24.1 Å². The Balaban J connectivity index is 2.12. The Hall–Kier alpha value is -2.62. The van der Waals surface area contributed by atoms with Crippen molar-refractivity contribution in [1.29, 1.82) is 0 Å². The summed E-state index contributed by atoms with van der Waals surface area (Å²) in [6.07, 6.45) is 1.74. The van der Waals surface area contributed by atoms with E-state index in [9.17, 15) is 9.90 Å². The van der Waals surface area contributed by atoms with E-state index in [2.05, 4.69) is 17.5 Å². The first-order chi connectivity index (χ1) is 10.2. The predicted molar refractivity (Wildman–Crippen MR) is 83.5 cm³/mol. The minimum Gasteiger partial charge on any atom is -0.508 e. The molecule has 0 atom stereocenters. The summed E-state index contributed by atoms with van der Waals surface area (Å²) in [4.78, 5) is 12.0. The number of carbonyl (C=O) groups is 1. The number of benzene rings is 2. The highest BCUT2D eigenvalue weighted by Gasteiger charge is 2.06. The van der Waals surface area contributed by atoms with E-state index in [0.29, 0.717) is 5.56 Å². The summed E-state index contributed by atoms with van der Waals surface area (Å²) in [6, 6.07) is 15.9. The number of hydrazone groups is 1. The summed E-state index contributed by atoms with van der Waals surface area (Å²) >= 11 is 0. The Morgan fingerprint density at radius 2 is 1.71 bits per heavy atom. The Kier molecular flexibility index (Phi) is 5.10. The van der Waals surface area contributed by atoms with Gasteiger partial charge in [-0.2, -0.15) is 5.10 Å². The molecule has 21 heavy (non-hydrogen) atoms. The van der Waals surface area contributed by atoms with Crippen molar-refractivity contribution in [3.05, 3.63) is 65.7 Å². The van der Waals surface area contributed by atoms with E-state index in [-0.39, 0.29) is 11.7 Å². The minimum absolute atomic E-state index is 0.131. The lowest BCUT2D eigenvalue weighted by Crippen LogP contribution is -2.20. The number of rotatable bonds is 5. The van der Waals surface area contributed by atoms with Crippen LogP contribution in [0, 0.1) is 0 Å². The summed E-state index contributed by atoms with van der Waals surface area (Å²) in [6.45, 7) is 2.07. The van der Waals surface area contributed by atoms with Crippen LogP contribution in [0.5, 0.6) is 5.75 Å². The molecule has 0 spiro atoms. The van der Waals surface area contributed by atoms with Crippen LogP contribution in [0.15, 0.2) is 59.7 Å². The zero-order valence-corrected chi connectivity index (χ0v) is 11.9. The van der Waals surface area contributed by atoms with Gasteiger partial charge < -0.3 is 5.11 Å². The van der Waals surface area contributed by atoms with Gasteiger partial charge in [-0.05, 0) is 36.2 Å². The van der Waals surface area contributed by atoms with Gasteiger partial charge in [-0.25, -0.2) is 5.43 Å². The molecule has 0 aliphatic carbocycles. The number of aromatic hydroxyl groups is 1. The van der Waals surface area contributed by atoms with Crippen LogP contribution in [-0.2, 0) is 0 Å². The van der Waals surface area contributed by atoms with Crippen molar-refractivity contribution >= 4 is 11.6 Å². The number of amides is 1. The molecule has 0 fully saturated rings. The van der Waals surface area contributed by atoms with Crippen molar-refractivity contribution in [2.45, 2.75) is 19.8 Å². The fraction of sp³-hybridized carbons (Fsp3) is 0.176. The third-order valence-electron chi connectivity index (χ3n) is 3.02. The molecule has 0 bridgehead atoms. The van der Waals surface area contributed by atoms with Crippen LogP contribution < -0.4 is 5.43 Å². The molecule has 0 aromatic heterocycles. The highest BCUT2D eigenvalue weighted by Crippen LogP contribution is 2.10. The molecule has 0 aliphatic heterocycles. The third-order valence-corrected chi connectivity index (χ3v) is 3.02. The summed E-state index contributed by atoms with van der Waals surface area (Å²) in [5.74, 6) is -0.162. The monoisotopic (exact) mass is 282 g/mol. The maximum absolute atomic E-state index is 12.0. The van der Waals surface area contributed by atoms with Crippen molar-refractivity contribution in [3.8, 4) is 5.75 Å². The lowest BCUT2D eigenvalue weighted by atomic mass is 10.1. The van der Waals surface area contributed by atoms with Crippen LogP contribution in [0.4, 0.5) is 0 Å². The van der Waals surface area contributed by atoms with Crippen molar-refractivity contribution in [1.82, 2.24) is 5.43 Å². The number of nitrogens with one attached hydrogen (secondary N) is 1. The van der Waals surface area contributed by atoms with Crippen molar-refractivity contribution in [2.75, 3.05) is 0 Å². The molecule has 0 aliphatic rings. The number of phenols is 1. The average Bonchev–Trinajstić information content (AvgIpc) is 2.52. The highest BCUT2D eigenvalue weighted by atomic mass is 16.3. The van der Waals surface area contributed by atoms with Crippen molar-refractivity contribution < 1.29 is 9.90 Å². The first-order valence-corrected chi connectivity index (χ1v) is 6.92. The zero-order chi connectivity index (χ0) is 15.1. The van der Waals surface area contributed by atoms with Crippen LogP contribution in [0.2, 0.25) is 0 Å². The van der Waals surface area contributed by atoms with Gasteiger partial charge in [-0.3, -0.25) is 4.79 Å². The van der Waals surface area contributed by atoms with Gasteiger partial charge in [0.1, 0.15) is 5.75 Å². The van der Waals surface area contributed by atoms with Crippen LogP contribution >= 0.6 is 0 Å². The second-order valence-corrected chi connectivity index (χ2v) is 4.66. The second kappa shape index (κ2) is 7.24. The van der Waals surface area contributed by atoms with Gasteiger partial charge in [0.25, 0.3) is 5.91 Å². The smallest absolute Gasteiger partial charge is 0.271 e. The normalized spacial score (nSPS) is 11.2. The molecule has 4 heteroatoms. The summed E-state index contributed by atoms with van der Waals surface area (Å²) in [5, 5.41) is 13.5. The van der Waals surface area contributed by atoms with E-state index >= 15 is 0 Å². The number of hydrogen-bond acceptors (Lipinski definition) is 3. The topological polar surface area (TPSA) is 61.7 Å². The number of carbonyl (C=O) groups excluding carboxylic acids is 1. The second-order valence-electron chi connectivity index (χ2n) is 4.66. The molecule has 2 aromatic carbocycles. The van der Waals surface area contributed by atoms with Gasteiger partial charge in [-0.15, -0.1) is 0 Å². The summed E-state index contributed by atoms with van der Waals surface area (Å²) in [5.41, 5.74) is 4.88. The highest BCUT2D eigenvalue weighted by molar-refractivity contribution is 6.02. The fourth-order valence-electron chi connectivity index (χ4n) is 1.93. The summed E-state index contributed by atoms with van der Waals surface area (Å²) in [7, 11) is 0. The molecule has 2 N–H and O–H groups in total. The minimum atomic E-state index is -0.292.